The van der Waals surface area contributed by atoms with E-state index in [0.29, 0.717) is 13.1 Å². The minimum absolute atomic E-state index is 0.0961. The van der Waals surface area contributed by atoms with Crippen LogP contribution in [0.3, 0.4) is 0 Å². The van der Waals surface area contributed by atoms with Crippen LogP contribution in [0, 0.1) is 29.6 Å². The van der Waals surface area contributed by atoms with Crippen molar-refractivity contribution in [1.82, 2.24) is 9.88 Å². The highest BCUT2D eigenvalue weighted by molar-refractivity contribution is 7.13. The monoisotopic (exact) mass is 338 g/mol. The Kier molecular flexibility index (Phi) is 6.48. The minimum atomic E-state index is -0.0961. The normalized spacial score (nSPS) is 9.96. The van der Waals surface area contributed by atoms with Crippen LogP contribution in [0.25, 0.3) is 10.6 Å². The van der Waals surface area contributed by atoms with Crippen LogP contribution in [-0.2, 0) is 11.2 Å². The molecule has 0 unspecified atom stereocenters. The van der Waals surface area contributed by atoms with E-state index in [-0.39, 0.29) is 25.2 Å². The zero-order chi connectivity index (χ0) is 17.4. The number of hydrogen-bond donors (Lipinski definition) is 0. The summed E-state index contributed by atoms with van der Waals surface area (Å²) in [6.07, 6.45) is 0.727. The first-order chi connectivity index (χ1) is 11.6. The Morgan fingerprint density at radius 3 is 2.38 bits per heavy atom. The molecule has 2 rings (SSSR count). The van der Waals surface area contributed by atoms with Gasteiger partial charge in [-0.15, -0.1) is 11.3 Å². The van der Waals surface area contributed by atoms with Crippen molar-refractivity contribution in [3.8, 4) is 22.7 Å². The highest BCUT2D eigenvalue weighted by Crippen LogP contribution is 2.24. The van der Waals surface area contributed by atoms with Crippen LogP contribution in [-0.4, -0.2) is 28.9 Å². The highest BCUT2D eigenvalue weighted by atomic mass is 32.1. The predicted octanol–water partition coefficient (Wildman–Crippen LogP) is 3.32. The molecule has 1 heterocycles. The third kappa shape index (κ3) is 4.91. The molecule has 0 aliphatic carbocycles. The van der Waals surface area contributed by atoms with Gasteiger partial charge in [0.2, 0.25) is 5.91 Å². The number of benzene rings is 1. The first kappa shape index (κ1) is 17.7. The third-order valence-corrected chi connectivity index (χ3v) is 4.46. The first-order valence-electron chi connectivity index (χ1n) is 7.67. The van der Waals surface area contributed by atoms with E-state index in [1.54, 1.807) is 4.90 Å². The summed E-state index contributed by atoms with van der Waals surface area (Å²) in [5.41, 5.74) is 2.95. The van der Waals surface area contributed by atoms with Crippen molar-refractivity contribution >= 4 is 17.2 Å². The van der Waals surface area contributed by atoms with Crippen molar-refractivity contribution in [2.45, 2.75) is 26.2 Å². The molecule has 0 fully saturated rings. The molecule has 0 aliphatic rings. The number of nitrogens with zero attached hydrogens (tertiary/aromatic N) is 4. The number of carbonyl (C=O) groups is 1. The van der Waals surface area contributed by atoms with E-state index in [9.17, 15) is 4.79 Å². The molecule has 1 aromatic carbocycles. The fourth-order valence-corrected chi connectivity index (χ4v) is 3.04. The van der Waals surface area contributed by atoms with Gasteiger partial charge in [-0.3, -0.25) is 4.79 Å². The second-order valence-corrected chi connectivity index (χ2v) is 6.24. The van der Waals surface area contributed by atoms with Crippen LogP contribution in [0.2, 0.25) is 0 Å². The van der Waals surface area contributed by atoms with Crippen LogP contribution in [0.4, 0.5) is 0 Å². The maximum absolute atomic E-state index is 12.4. The van der Waals surface area contributed by atoms with Gasteiger partial charge in [0.25, 0.3) is 0 Å². The van der Waals surface area contributed by atoms with Gasteiger partial charge in [-0.25, -0.2) is 4.98 Å². The van der Waals surface area contributed by atoms with E-state index in [1.807, 2.05) is 48.7 Å². The van der Waals surface area contributed by atoms with Crippen molar-refractivity contribution in [3.63, 3.8) is 0 Å². The molecule has 1 aromatic heterocycles. The maximum atomic E-state index is 12.4. The Labute approximate surface area is 145 Å². The van der Waals surface area contributed by atoms with Gasteiger partial charge in [-0.05, 0) is 6.92 Å². The summed E-state index contributed by atoms with van der Waals surface area (Å²) < 4.78 is 0. The fraction of sp³-hybridized carbons (Fsp3) is 0.333. The summed E-state index contributed by atoms with van der Waals surface area (Å²) in [4.78, 5) is 18.5. The summed E-state index contributed by atoms with van der Waals surface area (Å²) in [6, 6.07) is 12.2. The van der Waals surface area contributed by atoms with Gasteiger partial charge in [0.15, 0.2) is 0 Å². The summed E-state index contributed by atoms with van der Waals surface area (Å²) in [5, 5.41) is 20.2. The number of aromatic nitrogens is 1. The molecule has 0 saturated carbocycles. The molecule has 24 heavy (non-hydrogen) atoms. The van der Waals surface area contributed by atoms with E-state index >= 15 is 0 Å². The Balaban J connectivity index is 2.04. The van der Waals surface area contributed by atoms with E-state index in [1.165, 1.54) is 16.9 Å². The molecule has 0 N–H and O–H groups in total. The lowest BCUT2D eigenvalue weighted by molar-refractivity contribution is -0.130. The van der Waals surface area contributed by atoms with Crippen LogP contribution in [0.5, 0.6) is 0 Å². The number of nitriles is 2. The van der Waals surface area contributed by atoms with E-state index < -0.39 is 0 Å². The molecule has 6 heteroatoms. The topological polar surface area (TPSA) is 80.8 Å². The highest BCUT2D eigenvalue weighted by Gasteiger charge is 2.15. The largest absolute Gasteiger partial charge is 0.340 e. The molecular formula is C18H18N4OS. The van der Waals surface area contributed by atoms with Crippen molar-refractivity contribution in [2.75, 3.05) is 13.1 Å². The van der Waals surface area contributed by atoms with Gasteiger partial charge >= 0.3 is 0 Å². The number of rotatable bonds is 7. The lowest BCUT2D eigenvalue weighted by Gasteiger charge is -2.19. The molecule has 0 spiro atoms. The SMILES string of the molecule is Cc1ccc(-c2nc(CC(=O)N(CCC#N)CCC#N)cs2)cc1. The van der Waals surface area contributed by atoms with Crippen LogP contribution in [0.1, 0.15) is 24.1 Å². The Hall–Kier alpha value is -2.70. The number of hydrogen-bond acceptors (Lipinski definition) is 5. The number of thiazole rings is 1. The molecule has 0 saturated heterocycles. The lowest BCUT2D eigenvalue weighted by Crippen LogP contribution is -2.34. The van der Waals surface area contributed by atoms with Gasteiger partial charge in [-0.1, -0.05) is 29.8 Å². The van der Waals surface area contributed by atoms with Crippen LogP contribution >= 0.6 is 11.3 Å². The molecule has 0 atom stereocenters. The minimum Gasteiger partial charge on any atom is -0.340 e. The van der Waals surface area contributed by atoms with Gasteiger partial charge < -0.3 is 4.90 Å². The van der Waals surface area contributed by atoms with Gasteiger partial charge in [-0.2, -0.15) is 10.5 Å². The van der Waals surface area contributed by atoms with Crippen LogP contribution < -0.4 is 0 Å². The molecule has 122 valence electrons. The van der Waals surface area contributed by atoms with Crippen molar-refractivity contribution in [2.24, 2.45) is 0 Å². The lowest BCUT2D eigenvalue weighted by atomic mass is 10.2. The standard InChI is InChI=1S/C18H18N4OS/c1-14-4-6-15(7-5-14)18-21-16(13-24-18)12-17(23)22(10-2-8-19)11-3-9-20/h4-7,13H,2-3,10-12H2,1H3. The van der Waals surface area contributed by atoms with E-state index in [0.717, 1.165) is 16.3 Å². The number of amides is 1. The molecule has 1 amide bonds. The fourth-order valence-electron chi connectivity index (χ4n) is 2.21. The third-order valence-electron chi connectivity index (χ3n) is 3.52. The maximum Gasteiger partial charge on any atom is 0.228 e. The molecular weight excluding hydrogens is 320 g/mol. The average Bonchev–Trinajstić information content (AvgIpc) is 3.04. The van der Waals surface area contributed by atoms with Gasteiger partial charge in [0, 0.05) is 24.0 Å². The first-order valence-corrected chi connectivity index (χ1v) is 8.55. The Morgan fingerprint density at radius 2 is 1.79 bits per heavy atom. The molecule has 0 radical (unpaired) electrons. The predicted molar refractivity (Wildman–Crippen MR) is 93.0 cm³/mol. The summed E-state index contributed by atoms with van der Waals surface area (Å²) >= 11 is 1.51. The quantitative estimate of drug-likeness (QED) is 0.775. The number of aryl methyl sites for hydroxylation is 1. The molecule has 2 aromatic rings. The average molecular weight is 338 g/mol. The molecule has 5 nitrogen and oxygen atoms in total. The van der Waals surface area contributed by atoms with Gasteiger partial charge in [0.05, 0.1) is 37.1 Å². The van der Waals surface area contributed by atoms with E-state index in [2.05, 4.69) is 4.98 Å². The second kappa shape index (κ2) is 8.81. The molecule has 0 bridgehead atoms. The van der Waals surface area contributed by atoms with Crippen molar-refractivity contribution < 1.29 is 4.79 Å². The zero-order valence-corrected chi connectivity index (χ0v) is 14.3. The second-order valence-electron chi connectivity index (χ2n) is 5.38. The summed E-state index contributed by atoms with van der Waals surface area (Å²) in [5.74, 6) is -0.0961. The van der Waals surface area contributed by atoms with Crippen molar-refractivity contribution in [1.29, 1.82) is 10.5 Å². The number of carbonyl (C=O) groups excluding carboxylic acids is 1. The van der Waals surface area contributed by atoms with Crippen molar-refractivity contribution in [3.05, 3.63) is 40.9 Å². The Bertz CT molecular complexity index is 750. The zero-order valence-electron chi connectivity index (χ0n) is 13.5. The Morgan fingerprint density at radius 1 is 1.17 bits per heavy atom. The molecule has 0 aliphatic heterocycles. The summed E-state index contributed by atoms with van der Waals surface area (Å²) in [6.45, 7) is 2.74. The van der Waals surface area contributed by atoms with Crippen LogP contribution in [0.15, 0.2) is 29.6 Å². The van der Waals surface area contributed by atoms with E-state index in [4.69, 9.17) is 10.5 Å². The van der Waals surface area contributed by atoms with Gasteiger partial charge in [0.1, 0.15) is 5.01 Å². The smallest absolute Gasteiger partial charge is 0.228 e. The summed E-state index contributed by atoms with van der Waals surface area (Å²) in [7, 11) is 0.